The van der Waals surface area contributed by atoms with Crippen molar-refractivity contribution >= 4 is 28.2 Å². The van der Waals surface area contributed by atoms with Gasteiger partial charge in [0.1, 0.15) is 0 Å². The van der Waals surface area contributed by atoms with E-state index in [1.807, 2.05) is 29.2 Å². The van der Waals surface area contributed by atoms with Crippen molar-refractivity contribution < 1.29 is 4.79 Å². The Morgan fingerprint density at radius 1 is 1.50 bits per heavy atom. The number of carbonyl (C=O) groups is 1. The van der Waals surface area contributed by atoms with Crippen molar-refractivity contribution in [3.05, 3.63) is 24.3 Å². The van der Waals surface area contributed by atoms with E-state index < -0.39 is 0 Å². The van der Waals surface area contributed by atoms with Crippen molar-refractivity contribution in [3.8, 4) is 0 Å². The van der Waals surface area contributed by atoms with Gasteiger partial charge < -0.3 is 10.2 Å². The lowest BCUT2D eigenvalue weighted by Gasteiger charge is -2.30. The summed E-state index contributed by atoms with van der Waals surface area (Å²) in [6.07, 6.45) is 0. The monoisotopic (exact) mass is 210 g/mol. The van der Waals surface area contributed by atoms with Gasteiger partial charge in [-0.3, -0.25) is 4.79 Å². The van der Waals surface area contributed by atoms with Gasteiger partial charge >= 0.3 is 0 Å². The van der Waals surface area contributed by atoms with Crippen LogP contribution in [0.2, 0.25) is 0 Å². The molecule has 74 valence electrons. The van der Waals surface area contributed by atoms with E-state index in [4.69, 9.17) is 11.6 Å². The summed E-state index contributed by atoms with van der Waals surface area (Å²) in [5.74, 6) is 0. The Balaban J connectivity index is 2.26. The van der Waals surface area contributed by atoms with Crippen LogP contribution in [0.5, 0.6) is 0 Å². The molecule has 1 aromatic rings. The van der Waals surface area contributed by atoms with E-state index in [1.54, 1.807) is 0 Å². The highest BCUT2D eigenvalue weighted by atomic mass is 35.5. The zero-order chi connectivity index (χ0) is 9.97. The third-order valence-corrected chi connectivity index (χ3v) is 2.38. The molecule has 0 bridgehead atoms. The van der Waals surface area contributed by atoms with Gasteiger partial charge in [-0.05, 0) is 23.7 Å². The molecule has 0 atom stereocenters. The van der Waals surface area contributed by atoms with Gasteiger partial charge in [0.2, 0.25) is 5.24 Å². The first-order valence-corrected chi connectivity index (χ1v) is 4.91. The average Bonchev–Trinajstić information content (AvgIpc) is 2.18. The molecule has 0 aliphatic carbocycles. The molecule has 1 aliphatic heterocycles. The third kappa shape index (κ3) is 1.82. The lowest BCUT2D eigenvalue weighted by atomic mass is 10.2. The number of hydrogen-bond donors (Lipinski definition) is 1. The van der Waals surface area contributed by atoms with Gasteiger partial charge in [-0.1, -0.05) is 12.1 Å². The minimum absolute atomic E-state index is 0.278. The molecule has 4 heteroatoms. The van der Waals surface area contributed by atoms with E-state index in [2.05, 4.69) is 5.32 Å². The highest BCUT2D eigenvalue weighted by Crippen LogP contribution is 2.27. The summed E-state index contributed by atoms with van der Waals surface area (Å²) in [6, 6.07) is 7.91. The van der Waals surface area contributed by atoms with Crippen molar-refractivity contribution in [2.75, 3.05) is 29.9 Å². The number of fused-ring (bicyclic) bond motifs is 1. The summed E-state index contributed by atoms with van der Waals surface area (Å²) in [5, 5.41) is 2.95. The van der Waals surface area contributed by atoms with Crippen LogP contribution in [0.15, 0.2) is 24.3 Å². The summed E-state index contributed by atoms with van der Waals surface area (Å²) in [5.41, 5.74) is 2.12. The van der Waals surface area contributed by atoms with Gasteiger partial charge in [0, 0.05) is 13.1 Å². The number of anilines is 2. The molecule has 0 amide bonds. The molecular formula is C10H11ClN2O. The molecule has 0 radical (unpaired) electrons. The second kappa shape index (κ2) is 3.88. The minimum Gasteiger partial charge on any atom is -0.382 e. The van der Waals surface area contributed by atoms with E-state index in [9.17, 15) is 4.79 Å². The molecule has 1 aromatic carbocycles. The maximum Gasteiger partial charge on any atom is 0.240 e. The zero-order valence-corrected chi connectivity index (χ0v) is 8.42. The van der Waals surface area contributed by atoms with Crippen LogP contribution in [-0.2, 0) is 4.79 Å². The second-order valence-electron chi connectivity index (χ2n) is 3.22. The smallest absolute Gasteiger partial charge is 0.240 e. The first-order chi connectivity index (χ1) is 6.77. The molecule has 1 heterocycles. The van der Waals surface area contributed by atoms with Gasteiger partial charge in [-0.15, -0.1) is 0 Å². The number of hydrogen-bond acceptors (Lipinski definition) is 3. The lowest BCUT2D eigenvalue weighted by molar-refractivity contribution is -0.110. The van der Waals surface area contributed by atoms with Crippen LogP contribution < -0.4 is 10.2 Å². The fraction of sp³-hybridized carbons (Fsp3) is 0.300. The fourth-order valence-corrected chi connectivity index (χ4v) is 1.80. The molecule has 14 heavy (non-hydrogen) atoms. The Morgan fingerprint density at radius 2 is 2.29 bits per heavy atom. The predicted octanol–water partition coefficient (Wildman–Crippen LogP) is 1.68. The Kier molecular flexibility index (Phi) is 2.59. The van der Waals surface area contributed by atoms with Gasteiger partial charge in [-0.2, -0.15) is 0 Å². The van der Waals surface area contributed by atoms with Crippen molar-refractivity contribution in [1.29, 1.82) is 0 Å². The van der Waals surface area contributed by atoms with Crippen LogP contribution in [0.1, 0.15) is 0 Å². The van der Waals surface area contributed by atoms with Crippen molar-refractivity contribution in [1.82, 2.24) is 0 Å². The molecule has 0 unspecified atom stereocenters. The normalized spacial score (nSPS) is 14.5. The van der Waals surface area contributed by atoms with Gasteiger partial charge in [-0.25, -0.2) is 0 Å². The fourth-order valence-electron chi connectivity index (χ4n) is 1.66. The lowest BCUT2D eigenvalue weighted by Crippen LogP contribution is -2.36. The van der Waals surface area contributed by atoms with E-state index in [-0.39, 0.29) is 11.8 Å². The van der Waals surface area contributed by atoms with Crippen LogP contribution in [0.25, 0.3) is 0 Å². The largest absolute Gasteiger partial charge is 0.382 e. The molecule has 3 nitrogen and oxygen atoms in total. The van der Waals surface area contributed by atoms with Crippen LogP contribution in [-0.4, -0.2) is 24.9 Å². The minimum atomic E-state index is -0.318. The number of nitrogens with one attached hydrogen (secondary N) is 1. The number of carbonyl (C=O) groups excluding carboxylic acids is 1. The average molecular weight is 211 g/mol. The quantitative estimate of drug-likeness (QED) is 0.754. The van der Waals surface area contributed by atoms with Crippen LogP contribution >= 0.6 is 11.6 Å². The Labute approximate surface area is 87.7 Å². The van der Waals surface area contributed by atoms with E-state index in [0.29, 0.717) is 0 Å². The first kappa shape index (κ1) is 9.34. The number of benzene rings is 1. The molecular weight excluding hydrogens is 200 g/mol. The molecule has 0 fully saturated rings. The van der Waals surface area contributed by atoms with E-state index in [0.717, 1.165) is 24.5 Å². The standard InChI is InChI=1S/C10H11ClN2O/c11-10(14)7-13-6-5-12-8-3-1-2-4-9(8)13/h1-4,12H,5-7H2. The summed E-state index contributed by atoms with van der Waals surface area (Å²) in [4.78, 5) is 12.8. The molecule has 0 spiro atoms. The molecule has 0 saturated heterocycles. The highest BCUT2D eigenvalue weighted by molar-refractivity contribution is 6.64. The Hall–Kier alpha value is -1.22. The number of nitrogens with zero attached hydrogens (tertiary/aromatic N) is 1. The number of para-hydroxylation sites is 2. The van der Waals surface area contributed by atoms with Gasteiger partial charge in [0.25, 0.3) is 0 Å². The summed E-state index contributed by atoms with van der Waals surface area (Å²) >= 11 is 5.38. The number of halogens is 1. The Morgan fingerprint density at radius 3 is 3.07 bits per heavy atom. The van der Waals surface area contributed by atoms with Crippen molar-refractivity contribution in [3.63, 3.8) is 0 Å². The molecule has 0 saturated carbocycles. The maximum atomic E-state index is 10.8. The van der Waals surface area contributed by atoms with Crippen molar-refractivity contribution in [2.45, 2.75) is 0 Å². The maximum absolute atomic E-state index is 10.8. The predicted molar refractivity (Wildman–Crippen MR) is 58.0 cm³/mol. The molecule has 0 aromatic heterocycles. The first-order valence-electron chi connectivity index (χ1n) is 4.53. The number of rotatable bonds is 2. The molecule has 2 rings (SSSR count). The van der Waals surface area contributed by atoms with E-state index in [1.165, 1.54) is 0 Å². The second-order valence-corrected chi connectivity index (χ2v) is 3.64. The molecule has 1 N–H and O–H groups in total. The zero-order valence-electron chi connectivity index (χ0n) is 7.66. The van der Waals surface area contributed by atoms with Crippen LogP contribution in [0, 0.1) is 0 Å². The van der Waals surface area contributed by atoms with E-state index >= 15 is 0 Å². The highest BCUT2D eigenvalue weighted by Gasteiger charge is 2.16. The van der Waals surface area contributed by atoms with Gasteiger partial charge in [0.05, 0.1) is 17.9 Å². The summed E-state index contributed by atoms with van der Waals surface area (Å²) in [7, 11) is 0. The summed E-state index contributed by atoms with van der Waals surface area (Å²) < 4.78 is 0. The van der Waals surface area contributed by atoms with Crippen LogP contribution in [0.4, 0.5) is 11.4 Å². The van der Waals surface area contributed by atoms with Gasteiger partial charge in [0.15, 0.2) is 0 Å². The molecule has 1 aliphatic rings. The van der Waals surface area contributed by atoms with Crippen LogP contribution in [0.3, 0.4) is 0 Å². The third-order valence-electron chi connectivity index (χ3n) is 2.26. The Bertz CT molecular complexity index is 354. The van der Waals surface area contributed by atoms with Crippen molar-refractivity contribution in [2.24, 2.45) is 0 Å². The summed E-state index contributed by atoms with van der Waals surface area (Å²) in [6.45, 7) is 1.94. The topological polar surface area (TPSA) is 32.3 Å². The SMILES string of the molecule is O=C(Cl)CN1CCNc2ccccc21.